The smallest absolute Gasteiger partial charge is 0.287 e. The summed E-state index contributed by atoms with van der Waals surface area (Å²) in [5.74, 6) is -0.577. The van der Waals surface area contributed by atoms with Gasteiger partial charge < -0.3 is 14.2 Å². The Morgan fingerprint density at radius 2 is 1.74 bits per heavy atom. The Labute approximate surface area is 153 Å². The molecule has 4 aromatic rings. The van der Waals surface area contributed by atoms with Crippen molar-refractivity contribution < 1.29 is 18.0 Å². The van der Waals surface area contributed by atoms with Crippen LogP contribution in [0.5, 0.6) is 0 Å². The quantitative estimate of drug-likeness (QED) is 0.580. The summed E-state index contributed by atoms with van der Waals surface area (Å²) in [6.45, 7) is 0. The topological polar surface area (TPSA) is 81.2 Å². The molecule has 27 heavy (non-hydrogen) atoms. The molecule has 7 heteroatoms. The van der Waals surface area contributed by atoms with Gasteiger partial charge in [-0.3, -0.25) is 4.79 Å². The predicted octanol–water partition coefficient (Wildman–Crippen LogP) is 3.99. The van der Waals surface area contributed by atoms with Crippen molar-refractivity contribution in [1.82, 2.24) is 15.5 Å². The van der Waals surface area contributed by atoms with Gasteiger partial charge >= 0.3 is 0 Å². The van der Waals surface area contributed by atoms with E-state index in [4.69, 9.17) is 8.83 Å². The fourth-order valence-corrected chi connectivity index (χ4v) is 2.64. The van der Waals surface area contributed by atoms with Gasteiger partial charge in [0.25, 0.3) is 5.91 Å². The van der Waals surface area contributed by atoms with Gasteiger partial charge in [-0.2, -0.15) is 0 Å². The first kappa shape index (κ1) is 16.7. The van der Waals surface area contributed by atoms with Gasteiger partial charge in [-0.1, -0.05) is 36.4 Å². The molecule has 0 aliphatic heterocycles. The Kier molecular flexibility index (Phi) is 4.49. The fourth-order valence-electron chi connectivity index (χ4n) is 2.64. The lowest BCUT2D eigenvalue weighted by atomic mass is 10.1. The number of carbonyl (C=O) groups excluding carboxylic acids is 1. The minimum Gasteiger partial charge on any atom is -0.459 e. The van der Waals surface area contributed by atoms with Crippen molar-refractivity contribution in [2.24, 2.45) is 0 Å². The van der Waals surface area contributed by atoms with Gasteiger partial charge in [0, 0.05) is 11.1 Å². The minimum atomic E-state index is -0.964. The van der Waals surface area contributed by atoms with Crippen LogP contribution in [0, 0.1) is 5.82 Å². The lowest BCUT2D eigenvalue weighted by molar-refractivity contribution is 0.0909. The molecule has 1 atom stereocenters. The van der Waals surface area contributed by atoms with Crippen molar-refractivity contribution >= 4 is 5.91 Å². The summed E-state index contributed by atoms with van der Waals surface area (Å²) in [6, 6.07) is 17.4. The third-order valence-corrected chi connectivity index (χ3v) is 3.94. The number of furan rings is 1. The summed E-state index contributed by atoms with van der Waals surface area (Å²) in [4.78, 5) is 12.4. The third-order valence-electron chi connectivity index (χ3n) is 3.94. The highest BCUT2D eigenvalue weighted by Gasteiger charge is 2.27. The molecule has 6 nitrogen and oxygen atoms in total. The molecule has 1 N–H and O–H groups in total. The number of halogens is 1. The largest absolute Gasteiger partial charge is 0.459 e. The standard InChI is InChI=1S/C20H14FN3O3/c21-15-10-5-4-9-14(15)17(22-18(25)16-11-6-12-26-16)20-24-23-19(27-20)13-7-2-1-3-8-13/h1-12,17H,(H,22,25)/t17-/m0/s1. The van der Waals surface area contributed by atoms with Crippen molar-refractivity contribution in [3.8, 4) is 11.5 Å². The summed E-state index contributed by atoms with van der Waals surface area (Å²) in [5, 5.41) is 10.7. The van der Waals surface area contributed by atoms with Crippen molar-refractivity contribution in [1.29, 1.82) is 0 Å². The Bertz CT molecular complexity index is 1050. The number of carbonyl (C=O) groups is 1. The maximum Gasteiger partial charge on any atom is 0.287 e. The molecule has 0 unspecified atom stereocenters. The zero-order valence-corrected chi connectivity index (χ0v) is 14.0. The van der Waals surface area contributed by atoms with Crippen LogP contribution in [0.4, 0.5) is 4.39 Å². The molecule has 2 aromatic carbocycles. The average Bonchev–Trinajstić information content (AvgIpc) is 3.40. The van der Waals surface area contributed by atoms with Gasteiger partial charge in [0.1, 0.15) is 11.9 Å². The number of rotatable bonds is 5. The monoisotopic (exact) mass is 363 g/mol. The summed E-state index contributed by atoms with van der Waals surface area (Å²) in [6.07, 6.45) is 1.38. The van der Waals surface area contributed by atoms with Crippen LogP contribution in [0.1, 0.15) is 28.1 Å². The molecule has 0 saturated carbocycles. The van der Waals surface area contributed by atoms with Crippen LogP contribution in [-0.2, 0) is 0 Å². The molecule has 2 heterocycles. The highest BCUT2D eigenvalue weighted by Crippen LogP contribution is 2.27. The predicted molar refractivity (Wildman–Crippen MR) is 94.2 cm³/mol. The van der Waals surface area contributed by atoms with Crippen LogP contribution in [0.3, 0.4) is 0 Å². The van der Waals surface area contributed by atoms with Crippen LogP contribution < -0.4 is 5.32 Å². The second-order valence-electron chi connectivity index (χ2n) is 5.72. The molecule has 2 aromatic heterocycles. The molecule has 0 saturated heterocycles. The third kappa shape index (κ3) is 3.48. The second-order valence-corrected chi connectivity index (χ2v) is 5.72. The maximum absolute atomic E-state index is 14.4. The molecule has 4 rings (SSSR count). The zero-order chi connectivity index (χ0) is 18.6. The van der Waals surface area contributed by atoms with Gasteiger partial charge in [0.05, 0.1) is 6.26 Å². The number of nitrogens with zero attached hydrogens (tertiary/aromatic N) is 2. The molecule has 0 bridgehead atoms. The van der Waals surface area contributed by atoms with Gasteiger partial charge in [0.15, 0.2) is 5.76 Å². The van der Waals surface area contributed by atoms with Crippen molar-refractivity contribution in [3.05, 3.63) is 96.0 Å². The normalized spacial score (nSPS) is 11.9. The highest BCUT2D eigenvalue weighted by molar-refractivity contribution is 5.91. The first-order chi connectivity index (χ1) is 13.2. The van der Waals surface area contributed by atoms with E-state index in [1.807, 2.05) is 30.3 Å². The first-order valence-electron chi connectivity index (χ1n) is 8.20. The number of nitrogens with one attached hydrogen (secondary N) is 1. The molecule has 0 aliphatic rings. The van der Waals surface area contributed by atoms with Crippen molar-refractivity contribution in [2.75, 3.05) is 0 Å². The van der Waals surface area contributed by atoms with E-state index < -0.39 is 17.8 Å². The van der Waals surface area contributed by atoms with Gasteiger partial charge in [-0.15, -0.1) is 10.2 Å². The number of amides is 1. The van der Waals surface area contributed by atoms with E-state index >= 15 is 0 Å². The molecule has 0 fully saturated rings. The molecule has 0 aliphatic carbocycles. The van der Waals surface area contributed by atoms with E-state index in [1.165, 1.54) is 18.4 Å². The van der Waals surface area contributed by atoms with E-state index in [0.717, 1.165) is 5.56 Å². The molecule has 0 spiro atoms. The zero-order valence-electron chi connectivity index (χ0n) is 14.0. The Morgan fingerprint density at radius 1 is 0.963 bits per heavy atom. The highest BCUT2D eigenvalue weighted by atomic mass is 19.1. The van der Waals surface area contributed by atoms with Crippen LogP contribution >= 0.6 is 0 Å². The van der Waals surface area contributed by atoms with E-state index in [1.54, 1.807) is 24.3 Å². The van der Waals surface area contributed by atoms with E-state index in [9.17, 15) is 9.18 Å². The van der Waals surface area contributed by atoms with Crippen molar-refractivity contribution in [3.63, 3.8) is 0 Å². The Balaban J connectivity index is 1.71. The molecular formula is C20H14FN3O3. The van der Waals surface area contributed by atoms with Gasteiger partial charge in [0.2, 0.25) is 11.8 Å². The summed E-state index contributed by atoms with van der Waals surface area (Å²) >= 11 is 0. The van der Waals surface area contributed by atoms with Gasteiger partial charge in [-0.05, 0) is 30.3 Å². The molecule has 134 valence electrons. The van der Waals surface area contributed by atoms with E-state index in [2.05, 4.69) is 15.5 Å². The average molecular weight is 363 g/mol. The molecular weight excluding hydrogens is 349 g/mol. The first-order valence-corrected chi connectivity index (χ1v) is 8.20. The summed E-state index contributed by atoms with van der Waals surface area (Å²) in [7, 11) is 0. The Morgan fingerprint density at radius 3 is 2.48 bits per heavy atom. The number of hydrogen-bond donors (Lipinski definition) is 1. The van der Waals surface area contributed by atoms with Crippen LogP contribution in [0.25, 0.3) is 11.5 Å². The number of hydrogen-bond acceptors (Lipinski definition) is 5. The SMILES string of the molecule is O=C(N[C@H](c1nnc(-c2ccccc2)o1)c1ccccc1F)c1ccco1. The number of aromatic nitrogens is 2. The maximum atomic E-state index is 14.4. The van der Waals surface area contributed by atoms with Crippen molar-refractivity contribution in [2.45, 2.75) is 6.04 Å². The molecule has 1 amide bonds. The van der Waals surface area contributed by atoms with Crippen LogP contribution in [0.2, 0.25) is 0 Å². The summed E-state index contributed by atoms with van der Waals surface area (Å²) in [5.41, 5.74) is 0.932. The fraction of sp³-hybridized carbons (Fsp3) is 0.0500. The van der Waals surface area contributed by atoms with Crippen LogP contribution in [-0.4, -0.2) is 16.1 Å². The second kappa shape index (κ2) is 7.25. The van der Waals surface area contributed by atoms with E-state index in [-0.39, 0.29) is 23.1 Å². The Hall–Kier alpha value is -3.74. The minimum absolute atomic E-state index is 0.0684. The van der Waals surface area contributed by atoms with Crippen LogP contribution in [0.15, 0.2) is 81.8 Å². The van der Waals surface area contributed by atoms with Gasteiger partial charge in [-0.25, -0.2) is 4.39 Å². The lowest BCUT2D eigenvalue weighted by Crippen LogP contribution is -2.30. The molecule has 0 radical (unpaired) electrons. The number of benzene rings is 2. The van der Waals surface area contributed by atoms with E-state index in [0.29, 0.717) is 0 Å². The lowest BCUT2D eigenvalue weighted by Gasteiger charge is -2.15. The summed E-state index contributed by atoms with van der Waals surface area (Å²) < 4.78 is 25.2.